The molecule has 0 aliphatic heterocycles. The van der Waals surface area contributed by atoms with E-state index < -0.39 is 5.82 Å². The number of halogens is 1. The predicted molar refractivity (Wildman–Crippen MR) is 74.2 cm³/mol. The molecule has 0 unspecified atom stereocenters. The normalized spacial score (nSPS) is 10.6. The predicted octanol–water partition coefficient (Wildman–Crippen LogP) is 2.82. The molecule has 1 aromatic carbocycles. The van der Waals surface area contributed by atoms with Crippen LogP contribution in [-0.4, -0.2) is 15.2 Å². The highest BCUT2D eigenvalue weighted by Gasteiger charge is 2.12. The topological polar surface area (TPSA) is 73.9 Å². The number of rotatable bonds is 4. The van der Waals surface area contributed by atoms with Gasteiger partial charge in [0.15, 0.2) is 11.6 Å². The van der Waals surface area contributed by atoms with Gasteiger partial charge in [0.1, 0.15) is 0 Å². The Morgan fingerprint density at radius 2 is 1.85 bits per heavy atom. The van der Waals surface area contributed by atoms with Crippen molar-refractivity contribution in [1.29, 1.82) is 0 Å². The molecule has 6 heteroatoms. The summed E-state index contributed by atoms with van der Waals surface area (Å²) in [6.07, 6.45) is 1.47. The first-order valence-corrected chi connectivity index (χ1v) is 6.51. The SMILES string of the molecule is CCc1nnc(Oc2cc(C)c(N)cc2F)nc1CC. The van der Waals surface area contributed by atoms with Gasteiger partial charge in [0.2, 0.25) is 0 Å². The molecule has 5 nitrogen and oxygen atoms in total. The summed E-state index contributed by atoms with van der Waals surface area (Å²) in [7, 11) is 0. The third-order valence-corrected chi connectivity index (χ3v) is 3.01. The number of nitrogens with zero attached hydrogens (tertiary/aromatic N) is 3. The zero-order valence-corrected chi connectivity index (χ0v) is 11.8. The molecule has 2 aromatic rings. The van der Waals surface area contributed by atoms with Gasteiger partial charge >= 0.3 is 6.01 Å². The average molecular weight is 276 g/mol. The van der Waals surface area contributed by atoms with E-state index >= 15 is 0 Å². The van der Waals surface area contributed by atoms with Gasteiger partial charge in [0, 0.05) is 11.8 Å². The van der Waals surface area contributed by atoms with Crippen molar-refractivity contribution in [3.63, 3.8) is 0 Å². The zero-order chi connectivity index (χ0) is 14.7. The highest BCUT2D eigenvalue weighted by atomic mass is 19.1. The first-order valence-electron chi connectivity index (χ1n) is 6.51. The number of benzene rings is 1. The first kappa shape index (κ1) is 14.2. The van der Waals surface area contributed by atoms with E-state index in [1.165, 1.54) is 12.1 Å². The number of ether oxygens (including phenoxy) is 1. The van der Waals surface area contributed by atoms with Crippen LogP contribution in [0.4, 0.5) is 10.1 Å². The minimum Gasteiger partial charge on any atom is -0.420 e. The Morgan fingerprint density at radius 3 is 2.50 bits per heavy atom. The van der Waals surface area contributed by atoms with Crippen LogP contribution in [0.25, 0.3) is 0 Å². The third-order valence-electron chi connectivity index (χ3n) is 3.01. The lowest BCUT2D eigenvalue weighted by atomic mass is 10.2. The van der Waals surface area contributed by atoms with E-state index in [2.05, 4.69) is 15.2 Å². The molecule has 2 rings (SSSR count). The standard InChI is InChI=1S/C14H17FN4O/c1-4-11-12(5-2)18-19-14(17-11)20-13-6-8(3)10(16)7-9(13)15/h6-7H,4-5,16H2,1-3H3. The summed E-state index contributed by atoms with van der Waals surface area (Å²) in [6, 6.07) is 2.79. The van der Waals surface area contributed by atoms with Crippen molar-refractivity contribution in [3.8, 4) is 11.8 Å². The average Bonchev–Trinajstić information content (AvgIpc) is 2.44. The third kappa shape index (κ3) is 2.84. The molecule has 0 saturated heterocycles. The van der Waals surface area contributed by atoms with E-state index in [1.807, 2.05) is 13.8 Å². The van der Waals surface area contributed by atoms with Gasteiger partial charge in [-0.1, -0.05) is 18.9 Å². The van der Waals surface area contributed by atoms with Crippen LogP contribution in [-0.2, 0) is 12.8 Å². The number of nitrogen functional groups attached to an aromatic ring is 1. The fourth-order valence-corrected chi connectivity index (χ4v) is 1.81. The van der Waals surface area contributed by atoms with Crippen LogP contribution < -0.4 is 10.5 Å². The Labute approximate surface area is 117 Å². The van der Waals surface area contributed by atoms with E-state index in [-0.39, 0.29) is 11.8 Å². The van der Waals surface area contributed by atoms with Crippen LogP contribution >= 0.6 is 0 Å². The van der Waals surface area contributed by atoms with Crippen molar-refractivity contribution in [3.05, 3.63) is 34.9 Å². The largest absolute Gasteiger partial charge is 0.420 e. The van der Waals surface area contributed by atoms with E-state index in [4.69, 9.17) is 10.5 Å². The lowest BCUT2D eigenvalue weighted by Gasteiger charge is -2.09. The molecule has 0 saturated carbocycles. The monoisotopic (exact) mass is 276 g/mol. The lowest BCUT2D eigenvalue weighted by Crippen LogP contribution is -2.05. The van der Waals surface area contributed by atoms with Crippen molar-refractivity contribution in [1.82, 2.24) is 15.2 Å². The molecule has 1 aromatic heterocycles. The number of aromatic nitrogens is 3. The molecule has 0 fully saturated rings. The summed E-state index contributed by atoms with van der Waals surface area (Å²) in [5.41, 5.74) is 8.38. The first-order chi connectivity index (χ1) is 9.55. The van der Waals surface area contributed by atoms with Crippen LogP contribution in [0, 0.1) is 12.7 Å². The van der Waals surface area contributed by atoms with Gasteiger partial charge < -0.3 is 10.5 Å². The number of hydrogen-bond donors (Lipinski definition) is 1. The van der Waals surface area contributed by atoms with Gasteiger partial charge in [-0.2, -0.15) is 4.98 Å². The maximum absolute atomic E-state index is 13.8. The van der Waals surface area contributed by atoms with Gasteiger partial charge in [-0.05, 0) is 31.4 Å². The molecule has 1 heterocycles. The van der Waals surface area contributed by atoms with E-state index in [0.29, 0.717) is 5.69 Å². The summed E-state index contributed by atoms with van der Waals surface area (Å²) < 4.78 is 19.1. The second-order valence-electron chi connectivity index (χ2n) is 4.44. The fourth-order valence-electron chi connectivity index (χ4n) is 1.81. The van der Waals surface area contributed by atoms with Gasteiger partial charge in [-0.15, -0.1) is 5.10 Å². The van der Waals surface area contributed by atoms with Gasteiger partial charge in [0.25, 0.3) is 0 Å². The van der Waals surface area contributed by atoms with E-state index in [0.717, 1.165) is 29.8 Å². The minimum absolute atomic E-state index is 0.0436. The summed E-state index contributed by atoms with van der Waals surface area (Å²) >= 11 is 0. The molecule has 0 spiro atoms. The van der Waals surface area contributed by atoms with Crippen molar-refractivity contribution in [2.45, 2.75) is 33.6 Å². The van der Waals surface area contributed by atoms with E-state index in [1.54, 1.807) is 6.92 Å². The molecular weight excluding hydrogens is 259 g/mol. The van der Waals surface area contributed by atoms with Crippen LogP contribution in [0.5, 0.6) is 11.8 Å². The Morgan fingerprint density at radius 1 is 1.15 bits per heavy atom. The minimum atomic E-state index is -0.547. The Kier molecular flexibility index (Phi) is 4.12. The molecule has 106 valence electrons. The number of nitrogens with two attached hydrogens (primary N) is 1. The lowest BCUT2D eigenvalue weighted by molar-refractivity contribution is 0.401. The molecule has 0 bridgehead atoms. The van der Waals surface area contributed by atoms with Crippen LogP contribution in [0.3, 0.4) is 0 Å². The molecule has 0 amide bonds. The summed E-state index contributed by atoms with van der Waals surface area (Å²) in [5.74, 6) is -0.501. The molecule has 0 atom stereocenters. The Hall–Kier alpha value is -2.24. The second kappa shape index (κ2) is 5.81. The van der Waals surface area contributed by atoms with Crippen molar-refractivity contribution >= 4 is 5.69 Å². The Bertz CT molecular complexity index is 631. The number of aryl methyl sites for hydroxylation is 3. The van der Waals surface area contributed by atoms with Crippen molar-refractivity contribution < 1.29 is 9.13 Å². The molecular formula is C14H17FN4O. The molecule has 20 heavy (non-hydrogen) atoms. The van der Waals surface area contributed by atoms with Crippen LogP contribution in [0.2, 0.25) is 0 Å². The fraction of sp³-hybridized carbons (Fsp3) is 0.357. The van der Waals surface area contributed by atoms with Crippen LogP contribution in [0.15, 0.2) is 12.1 Å². The van der Waals surface area contributed by atoms with E-state index in [9.17, 15) is 4.39 Å². The van der Waals surface area contributed by atoms with Crippen molar-refractivity contribution in [2.24, 2.45) is 0 Å². The summed E-state index contributed by atoms with van der Waals surface area (Å²) in [4.78, 5) is 4.26. The van der Waals surface area contributed by atoms with Crippen LogP contribution in [0.1, 0.15) is 30.8 Å². The molecule has 0 aliphatic rings. The molecule has 0 aliphatic carbocycles. The second-order valence-corrected chi connectivity index (χ2v) is 4.44. The maximum atomic E-state index is 13.8. The maximum Gasteiger partial charge on any atom is 0.341 e. The quantitative estimate of drug-likeness (QED) is 0.869. The molecule has 2 N–H and O–H groups in total. The number of hydrogen-bond acceptors (Lipinski definition) is 5. The highest BCUT2D eigenvalue weighted by molar-refractivity contribution is 5.50. The number of anilines is 1. The Balaban J connectivity index is 2.33. The zero-order valence-electron chi connectivity index (χ0n) is 11.8. The molecule has 0 radical (unpaired) electrons. The van der Waals surface area contributed by atoms with Gasteiger partial charge in [-0.25, -0.2) is 4.39 Å². The van der Waals surface area contributed by atoms with Crippen molar-refractivity contribution in [2.75, 3.05) is 5.73 Å². The van der Waals surface area contributed by atoms with Gasteiger partial charge in [0.05, 0.1) is 11.4 Å². The van der Waals surface area contributed by atoms with Gasteiger partial charge in [-0.3, -0.25) is 0 Å². The summed E-state index contributed by atoms with van der Waals surface area (Å²) in [6.45, 7) is 5.73. The smallest absolute Gasteiger partial charge is 0.341 e. The summed E-state index contributed by atoms with van der Waals surface area (Å²) in [5, 5.41) is 7.91. The highest BCUT2D eigenvalue weighted by Crippen LogP contribution is 2.26.